The number of hydrogen-bond donors (Lipinski definition) is 2. The van der Waals surface area contributed by atoms with Crippen LogP contribution in [0.1, 0.15) is 85.1 Å². The van der Waals surface area contributed by atoms with Gasteiger partial charge >= 0.3 is 59.1 Å². The number of benzene rings is 2. The van der Waals surface area contributed by atoms with E-state index in [1.807, 2.05) is 68.5 Å². The number of rotatable bonds is 14. The molecule has 7 rings (SSSR count). The van der Waals surface area contributed by atoms with Crippen LogP contribution < -0.4 is 0 Å². The Hall–Kier alpha value is -3.32. The minimum absolute atomic E-state index is 0. The van der Waals surface area contributed by atoms with Crippen molar-refractivity contribution in [3.63, 3.8) is 0 Å². The zero-order chi connectivity index (χ0) is 37.6. The van der Waals surface area contributed by atoms with Crippen LogP contribution in [0.25, 0.3) is 45.9 Å². The van der Waals surface area contributed by atoms with Crippen molar-refractivity contribution in [2.45, 2.75) is 64.6 Å². The van der Waals surface area contributed by atoms with Gasteiger partial charge in [-0.05, 0) is 136 Å². The molecule has 3 aromatic heterocycles. The molecule has 5 heterocycles. The summed E-state index contributed by atoms with van der Waals surface area (Å²) in [6, 6.07) is 21.5. The monoisotopic (exact) mass is 782 g/mol. The molecule has 6 nitrogen and oxygen atoms in total. The Bertz CT molecular complexity index is 2370. The number of H-pyrrole nitrogens is 2. The number of fused-ring (bicyclic) bond motifs is 8. The van der Waals surface area contributed by atoms with Crippen LogP contribution in [0.3, 0.4) is 0 Å². The van der Waals surface area contributed by atoms with Gasteiger partial charge < -0.3 is 19.4 Å². The van der Waals surface area contributed by atoms with E-state index >= 15 is 0 Å². The molecule has 2 atom stereocenters. The van der Waals surface area contributed by atoms with Gasteiger partial charge in [0, 0.05) is 58.5 Å². The minimum atomic E-state index is -0.578. The van der Waals surface area contributed by atoms with Crippen molar-refractivity contribution in [3.8, 4) is 0 Å². The molecule has 2 aliphatic heterocycles. The van der Waals surface area contributed by atoms with Gasteiger partial charge in [-0.2, -0.15) is 0 Å². The van der Waals surface area contributed by atoms with Crippen LogP contribution in [-0.2, 0) is 22.3 Å². The average Bonchev–Trinajstić information content (AvgIpc) is 3.94. The van der Waals surface area contributed by atoms with Crippen LogP contribution in [0.5, 0.6) is 0 Å². The quantitative estimate of drug-likeness (QED) is 0.0656. The van der Waals surface area contributed by atoms with E-state index in [0.29, 0.717) is 62.9 Å². The summed E-state index contributed by atoms with van der Waals surface area (Å²) < 4.78 is 67.4. The molecule has 2 unspecified atom stereocenters. The van der Waals surface area contributed by atoms with Gasteiger partial charge in [-0.25, -0.2) is 27.5 Å². The van der Waals surface area contributed by atoms with Crippen LogP contribution in [0.4, 0.5) is 17.6 Å². The number of unbranched alkanes of at least 4 members (excludes halogenated alkanes) is 2. The number of hydrogen-bond acceptors (Lipinski definition) is 4. The summed E-state index contributed by atoms with van der Waals surface area (Å²) in [5.74, 6) is -2.20. The van der Waals surface area contributed by atoms with Crippen molar-refractivity contribution in [2.75, 3.05) is 13.2 Å². The number of halogens is 4. The molecule has 0 spiro atoms. The van der Waals surface area contributed by atoms with Crippen molar-refractivity contribution in [3.05, 3.63) is 142 Å². The Morgan fingerprint density at radius 3 is 1.75 bits per heavy atom. The number of nitrogens with zero attached hydrogens (tertiary/aromatic N) is 2. The number of aromatic nitrogens is 4. The molecular formula is C44H44F4N4Na2O2. The molecule has 5 aromatic rings. The second kappa shape index (κ2) is 20.4. The third kappa shape index (κ3) is 11.4. The van der Waals surface area contributed by atoms with Crippen LogP contribution in [0, 0.1) is 23.3 Å². The first-order chi connectivity index (χ1) is 26.2. The van der Waals surface area contributed by atoms with Gasteiger partial charge in [0.1, 0.15) is 23.3 Å². The summed E-state index contributed by atoms with van der Waals surface area (Å²) in [7, 11) is 0. The van der Waals surface area contributed by atoms with E-state index in [4.69, 9.17) is 19.4 Å². The predicted octanol–water partition coefficient (Wildman–Crippen LogP) is 9.81. The van der Waals surface area contributed by atoms with E-state index in [2.05, 4.69) is 16.0 Å². The predicted molar refractivity (Wildman–Crippen MR) is 220 cm³/mol. The summed E-state index contributed by atoms with van der Waals surface area (Å²) >= 11 is 0. The molecule has 2 aromatic carbocycles. The first kappa shape index (κ1) is 43.8. The first-order valence-electron chi connectivity index (χ1n) is 18.4. The topological polar surface area (TPSA) is 75.8 Å². The fourth-order valence-electron chi connectivity index (χ4n) is 6.78. The van der Waals surface area contributed by atoms with Gasteiger partial charge in [-0.1, -0.05) is 12.1 Å². The van der Waals surface area contributed by atoms with Gasteiger partial charge in [0.2, 0.25) is 0 Å². The first-order valence-corrected chi connectivity index (χ1v) is 18.4. The molecular weight excluding hydrogens is 738 g/mol. The fraction of sp³-hybridized carbons (Fsp3) is 0.273. The van der Waals surface area contributed by atoms with Crippen LogP contribution in [0.2, 0.25) is 0 Å². The van der Waals surface area contributed by atoms with Crippen LogP contribution in [-0.4, -0.2) is 98.4 Å². The third-order valence-corrected chi connectivity index (χ3v) is 9.68. The molecule has 12 heteroatoms. The normalized spacial score (nSPS) is 13.1. The molecule has 0 amide bonds. The second-order valence-electron chi connectivity index (χ2n) is 13.8. The average molecular weight is 783 g/mol. The van der Waals surface area contributed by atoms with E-state index in [9.17, 15) is 17.6 Å². The van der Waals surface area contributed by atoms with Crippen LogP contribution in [0.15, 0.2) is 78.9 Å². The number of ether oxygens (including phenoxy) is 2. The Balaban J connectivity index is 0.00000300. The molecule has 2 N–H and O–H groups in total. The Labute approximate surface area is 368 Å². The summed E-state index contributed by atoms with van der Waals surface area (Å²) in [6.45, 7) is 4.95. The maximum atomic E-state index is 14.1. The van der Waals surface area contributed by atoms with Crippen LogP contribution >= 0.6 is 0 Å². The molecule has 0 saturated heterocycles. The van der Waals surface area contributed by atoms with E-state index in [1.54, 1.807) is 0 Å². The molecule has 0 saturated carbocycles. The van der Waals surface area contributed by atoms with Crippen molar-refractivity contribution in [1.82, 2.24) is 19.9 Å². The summed E-state index contributed by atoms with van der Waals surface area (Å²) in [5, 5.41) is 0. The van der Waals surface area contributed by atoms with Gasteiger partial charge in [0.15, 0.2) is 0 Å². The zero-order valence-corrected chi connectivity index (χ0v) is 30.3. The van der Waals surface area contributed by atoms with Gasteiger partial charge in [0.25, 0.3) is 0 Å². The summed E-state index contributed by atoms with van der Waals surface area (Å²) in [5.41, 5.74) is 9.58. The molecule has 56 heavy (non-hydrogen) atoms. The molecule has 0 fully saturated rings. The van der Waals surface area contributed by atoms with E-state index in [0.717, 1.165) is 68.1 Å². The van der Waals surface area contributed by atoms with Crippen molar-refractivity contribution < 1.29 is 27.0 Å². The van der Waals surface area contributed by atoms with E-state index < -0.39 is 23.3 Å². The van der Waals surface area contributed by atoms with Gasteiger partial charge in [-0.15, -0.1) is 0 Å². The van der Waals surface area contributed by atoms with E-state index in [1.165, 1.54) is 24.3 Å². The molecule has 8 bridgehead atoms. The van der Waals surface area contributed by atoms with Crippen molar-refractivity contribution >= 4 is 105 Å². The maximum absolute atomic E-state index is 14.1. The van der Waals surface area contributed by atoms with Crippen molar-refractivity contribution in [2.24, 2.45) is 0 Å². The Morgan fingerprint density at radius 2 is 1.14 bits per heavy atom. The van der Waals surface area contributed by atoms with Gasteiger partial charge in [0.05, 0.1) is 35.0 Å². The second-order valence-corrected chi connectivity index (χ2v) is 13.8. The number of aromatic amines is 2. The zero-order valence-electron chi connectivity index (χ0n) is 30.3. The summed E-state index contributed by atoms with van der Waals surface area (Å²) in [4.78, 5) is 16.8. The molecule has 282 valence electrons. The van der Waals surface area contributed by atoms with Crippen molar-refractivity contribution in [1.29, 1.82) is 0 Å². The third-order valence-electron chi connectivity index (χ3n) is 9.68. The molecule has 0 radical (unpaired) electrons. The van der Waals surface area contributed by atoms with E-state index in [-0.39, 0.29) is 71.3 Å². The molecule has 0 aliphatic carbocycles. The Morgan fingerprint density at radius 1 is 0.571 bits per heavy atom. The fourth-order valence-corrected chi connectivity index (χ4v) is 6.78. The Kier molecular flexibility index (Phi) is 15.9. The number of aryl methyl sites for hydroxylation is 2. The van der Waals surface area contributed by atoms with Gasteiger partial charge in [-0.3, -0.25) is 0 Å². The standard InChI is InChI=1S/C44H42F4N4O2.2Na.2H/c1-27(53-17-5-3-7-29-9-11-31(45)19-41(29)47)39-23-37-22-35-14-13-33(49-35)21-34-15-16-36(50-34)25-43-40(24-38(52-43)26-44(39)51-37)28(2)54-18-6-4-8-30-10-12-32(46)20-42(30)48;;;;/h9-16,19-28,50-51H,3-8,17-18H2,1-2H3;;;;. The SMILES string of the molecule is CC(OCCCCc1ccc(F)cc1F)C1=Cc2cc3[nH]c(cc4nc(cc5ccc(cc1n2)[nH]5)C=C4)cc3C(C)OCCCCc1ccc(F)cc1F.[NaH].[NaH]. The summed E-state index contributed by atoms with van der Waals surface area (Å²) in [6.07, 6.45) is 9.30. The molecule has 2 aliphatic rings. The number of nitrogens with one attached hydrogen (secondary N) is 2.